The van der Waals surface area contributed by atoms with Gasteiger partial charge < -0.3 is 5.32 Å². The van der Waals surface area contributed by atoms with Crippen LogP contribution in [0.1, 0.15) is 5.56 Å². The van der Waals surface area contributed by atoms with E-state index in [0.717, 1.165) is 15.6 Å². The van der Waals surface area contributed by atoms with Crippen LogP contribution >= 0.6 is 23.5 Å². The molecule has 1 aromatic rings. The Morgan fingerprint density at radius 2 is 2.00 bits per heavy atom. The smallest absolute Gasteiger partial charge is 0.257 e. The molecule has 2 rings (SSSR count). The Bertz CT molecular complexity index is 503. The van der Waals surface area contributed by atoms with Crippen LogP contribution in [0.15, 0.2) is 35.5 Å². The van der Waals surface area contributed by atoms with Crippen LogP contribution in [-0.4, -0.2) is 22.8 Å². The highest BCUT2D eigenvalue weighted by Crippen LogP contribution is 2.31. The highest BCUT2D eigenvalue weighted by molar-refractivity contribution is 8.38. The summed E-state index contributed by atoms with van der Waals surface area (Å²) >= 11 is 3.14. The van der Waals surface area contributed by atoms with Crippen molar-refractivity contribution in [1.29, 1.82) is 0 Å². The average molecular weight is 264 g/mol. The Hall–Kier alpha value is -1.20. The predicted molar refractivity (Wildman–Crippen MR) is 77.5 cm³/mol. The minimum Gasteiger partial charge on any atom is -0.321 e. The van der Waals surface area contributed by atoms with E-state index >= 15 is 0 Å². The number of nitrogens with zero attached hydrogens (tertiary/aromatic N) is 1. The summed E-state index contributed by atoms with van der Waals surface area (Å²) in [7, 11) is 0. The summed E-state index contributed by atoms with van der Waals surface area (Å²) in [5.41, 5.74) is 2.40. The standard InChI is InChI=1S/C12H12N2OS2/c1-16-12(17-2)13-7-9-8-5-3-4-6-10(8)14-11(9)15/h3-7H,1-2H3,(H,14,15)/b9-7+. The van der Waals surface area contributed by atoms with Gasteiger partial charge in [-0.2, -0.15) is 0 Å². The van der Waals surface area contributed by atoms with Crippen molar-refractivity contribution in [3.05, 3.63) is 36.0 Å². The Balaban J connectivity index is 2.36. The number of benzene rings is 1. The van der Waals surface area contributed by atoms with Crippen LogP contribution in [0.5, 0.6) is 0 Å². The van der Waals surface area contributed by atoms with Gasteiger partial charge in [0.25, 0.3) is 5.91 Å². The number of thioether (sulfide) groups is 2. The number of para-hydroxylation sites is 1. The van der Waals surface area contributed by atoms with Crippen LogP contribution in [0.3, 0.4) is 0 Å². The molecule has 5 heteroatoms. The first-order valence-electron chi connectivity index (χ1n) is 5.03. The van der Waals surface area contributed by atoms with Crippen molar-refractivity contribution < 1.29 is 4.79 Å². The lowest BCUT2D eigenvalue weighted by Crippen LogP contribution is -2.03. The van der Waals surface area contributed by atoms with Crippen molar-refractivity contribution in [3.8, 4) is 0 Å². The largest absolute Gasteiger partial charge is 0.321 e. The van der Waals surface area contributed by atoms with Crippen molar-refractivity contribution in [2.75, 3.05) is 17.8 Å². The third kappa shape index (κ3) is 2.56. The molecule has 1 amide bonds. The topological polar surface area (TPSA) is 41.5 Å². The molecule has 0 spiro atoms. The maximum absolute atomic E-state index is 11.8. The van der Waals surface area contributed by atoms with Crippen LogP contribution in [0.25, 0.3) is 5.57 Å². The molecule has 1 aliphatic rings. The van der Waals surface area contributed by atoms with Gasteiger partial charge in [-0.25, -0.2) is 4.99 Å². The van der Waals surface area contributed by atoms with Crippen LogP contribution < -0.4 is 5.32 Å². The summed E-state index contributed by atoms with van der Waals surface area (Å²) in [6.07, 6.45) is 5.58. The van der Waals surface area contributed by atoms with Crippen molar-refractivity contribution in [2.24, 2.45) is 4.99 Å². The van der Waals surface area contributed by atoms with E-state index in [9.17, 15) is 4.79 Å². The van der Waals surface area contributed by atoms with Gasteiger partial charge in [0.15, 0.2) is 0 Å². The molecule has 0 fully saturated rings. The second-order valence-electron chi connectivity index (χ2n) is 3.35. The normalized spacial score (nSPS) is 15.6. The van der Waals surface area contributed by atoms with E-state index in [1.165, 1.54) is 0 Å². The average Bonchev–Trinajstić information content (AvgIpc) is 2.67. The molecule has 0 saturated heterocycles. The molecule has 1 heterocycles. The van der Waals surface area contributed by atoms with Gasteiger partial charge in [0.1, 0.15) is 4.38 Å². The van der Waals surface area contributed by atoms with E-state index in [1.54, 1.807) is 29.7 Å². The fraction of sp³-hybridized carbons (Fsp3) is 0.167. The molecule has 0 bridgehead atoms. The molecule has 0 unspecified atom stereocenters. The van der Waals surface area contributed by atoms with Gasteiger partial charge in [-0.05, 0) is 18.6 Å². The molecule has 17 heavy (non-hydrogen) atoms. The van der Waals surface area contributed by atoms with Gasteiger partial charge in [0.2, 0.25) is 0 Å². The molecule has 3 nitrogen and oxygen atoms in total. The Morgan fingerprint density at radius 1 is 1.29 bits per heavy atom. The molecular weight excluding hydrogens is 252 g/mol. The number of aliphatic imine (C=N–C) groups is 1. The summed E-state index contributed by atoms with van der Waals surface area (Å²) in [4.78, 5) is 16.1. The molecule has 0 aromatic heterocycles. The molecule has 0 radical (unpaired) electrons. The molecule has 0 atom stereocenters. The number of amides is 1. The maximum atomic E-state index is 11.8. The number of hydrogen-bond donors (Lipinski definition) is 1. The Labute approximate surface area is 109 Å². The minimum absolute atomic E-state index is 0.0866. The number of carbonyl (C=O) groups excluding carboxylic acids is 1. The molecule has 88 valence electrons. The van der Waals surface area contributed by atoms with E-state index in [4.69, 9.17) is 0 Å². The Morgan fingerprint density at radius 3 is 2.71 bits per heavy atom. The monoisotopic (exact) mass is 264 g/mol. The van der Waals surface area contributed by atoms with Crippen LogP contribution in [0, 0.1) is 0 Å². The fourth-order valence-electron chi connectivity index (χ4n) is 1.57. The zero-order valence-electron chi connectivity index (χ0n) is 9.56. The summed E-state index contributed by atoms with van der Waals surface area (Å²) in [6, 6.07) is 7.63. The van der Waals surface area contributed by atoms with Gasteiger partial charge in [-0.15, -0.1) is 23.5 Å². The lowest BCUT2D eigenvalue weighted by Gasteiger charge is -1.97. The molecule has 0 saturated carbocycles. The molecular formula is C12H12N2OS2. The number of anilines is 1. The van der Waals surface area contributed by atoms with Crippen LogP contribution in [0.4, 0.5) is 5.69 Å². The summed E-state index contributed by atoms with van der Waals surface area (Å²) in [6.45, 7) is 0. The number of rotatable bonds is 1. The third-order valence-corrected chi connectivity index (χ3v) is 4.27. The summed E-state index contributed by atoms with van der Waals surface area (Å²) < 4.78 is 0.940. The zero-order chi connectivity index (χ0) is 12.3. The van der Waals surface area contributed by atoms with Crippen LogP contribution in [0.2, 0.25) is 0 Å². The van der Waals surface area contributed by atoms with Crippen molar-refractivity contribution in [2.45, 2.75) is 0 Å². The first-order chi connectivity index (χ1) is 8.26. The number of hydrogen-bond acceptors (Lipinski definition) is 4. The van der Waals surface area contributed by atoms with Gasteiger partial charge in [0, 0.05) is 17.5 Å². The highest BCUT2D eigenvalue weighted by Gasteiger charge is 2.23. The van der Waals surface area contributed by atoms with E-state index in [1.807, 2.05) is 36.8 Å². The second kappa shape index (κ2) is 5.42. The first kappa shape index (κ1) is 12.3. The molecule has 1 aromatic carbocycles. The lowest BCUT2D eigenvalue weighted by atomic mass is 10.1. The van der Waals surface area contributed by atoms with Crippen molar-refractivity contribution in [1.82, 2.24) is 0 Å². The highest BCUT2D eigenvalue weighted by atomic mass is 32.2. The van der Waals surface area contributed by atoms with Gasteiger partial charge in [-0.3, -0.25) is 4.79 Å². The van der Waals surface area contributed by atoms with Crippen LogP contribution in [-0.2, 0) is 4.79 Å². The summed E-state index contributed by atoms with van der Waals surface area (Å²) in [5.74, 6) is -0.0866. The molecule has 1 aliphatic heterocycles. The first-order valence-corrected chi connectivity index (χ1v) is 7.48. The quantitative estimate of drug-likeness (QED) is 0.481. The minimum atomic E-state index is -0.0866. The maximum Gasteiger partial charge on any atom is 0.257 e. The SMILES string of the molecule is CSC(=N/C=C1/C(=O)Nc2ccccc21)SC. The Kier molecular flexibility index (Phi) is 3.91. The van der Waals surface area contributed by atoms with Crippen molar-refractivity contribution >= 4 is 45.1 Å². The zero-order valence-corrected chi connectivity index (χ0v) is 11.2. The second-order valence-corrected chi connectivity index (χ2v) is 5.19. The predicted octanol–water partition coefficient (Wildman–Crippen LogP) is 3.06. The third-order valence-electron chi connectivity index (χ3n) is 2.36. The van der Waals surface area contributed by atoms with Gasteiger partial charge in [0.05, 0.1) is 5.57 Å². The molecule has 0 aliphatic carbocycles. The lowest BCUT2D eigenvalue weighted by molar-refractivity contribution is -0.110. The van der Waals surface area contributed by atoms with E-state index in [0.29, 0.717) is 5.57 Å². The fourth-order valence-corrected chi connectivity index (χ4v) is 2.56. The summed E-state index contributed by atoms with van der Waals surface area (Å²) in [5, 5.41) is 2.82. The number of carbonyl (C=O) groups is 1. The molecule has 1 N–H and O–H groups in total. The van der Waals surface area contributed by atoms with E-state index in [2.05, 4.69) is 10.3 Å². The van der Waals surface area contributed by atoms with Gasteiger partial charge in [-0.1, -0.05) is 18.2 Å². The van der Waals surface area contributed by atoms with E-state index < -0.39 is 0 Å². The van der Waals surface area contributed by atoms with Crippen molar-refractivity contribution in [3.63, 3.8) is 0 Å². The number of nitrogens with one attached hydrogen (secondary N) is 1. The van der Waals surface area contributed by atoms with E-state index in [-0.39, 0.29) is 5.91 Å². The van der Waals surface area contributed by atoms with Gasteiger partial charge >= 0.3 is 0 Å². The number of fused-ring (bicyclic) bond motifs is 1.